The zero-order valence-electron chi connectivity index (χ0n) is 15.4. The van der Waals surface area contributed by atoms with Crippen LogP contribution in [0.5, 0.6) is 0 Å². The van der Waals surface area contributed by atoms with Crippen molar-refractivity contribution in [3.63, 3.8) is 0 Å². The van der Waals surface area contributed by atoms with E-state index in [9.17, 15) is 27.9 Å². The average molecular weight is 402 g/mol. The summed E-state index contributed by atoms with van der Waals surface area (Å²) in [7, 11) is 0. The molecule has 1 N–H and O–H groups in total. The smallest absolute Gasteiger partial charge is 0.376 e. The zero-order chi connectivity index (χ0) is 21.2. The highest BCUT2D eigenvalue weighted by molar-refractivity contribution is 5.86. The number of benzene rings is 2. The summed E-state index contributed by atoms with van der Waals surface area (Å²) in [6.45, 7) is 2.84. The second kappa shape index (κ2) is 7.72. The molecular weight excluding hydrogens is 384 g/mol. The first kappa shape index (κ1) is 20.6. The van der Waals surface area contributed by atoms with Crippen LogP contribution in [0.4, 0.5) is 17.6 Å². The molecule has 150 valence electrons. The van der Waals surface area contributed by atoms with E-state index < -0.39 is 24.9 Å². The third-order valence-corrected chi connectivity index (χ3v) is 4.86. The normalized spacial score (nSPS) is 13.8. The lowest BCUT2D eigenvalue weighted by molar-refractivity contribution is -0.264. The fourth-order valence-electron chi connectivity index (χ4n) is 3.42. The van der Waals surface area contributed by atoms with Crippen LogP contribution in [0.15, 0.2) is 61.3 Å². The summed E-state index contributed by atoms with van der Waals surface area (Å²) in [6.07, 6.45) is -3.38. The van der Waals surface area contributed by atoms with Crippen molar-refractivity contribution in [2.24, 2.45) is 0 Å². The maximum atomic E-state index is 13.8. The van der Waals surface area contributed by atoms with E-state index in [1.807, 2.05) is 6.07 Å². The van der Waals surface area contributed by atoms with Gasteiger partial charge in [-0.3, -0.25) is 0 Å². The number of hydrogen-bond donors (Lipinski definition) is 1. The van der Waals surface area contributed by atoms with Crippen LogP contribution < -0.4 is 0 Å². The molecule has 0 saturated heterocycles. The predicted molar refractivity (Wildman–Crippen MR) is 102 cm³/mol. The van der Waals surface area contributed by atoms with Crippen LogP contribution in [0.3, 0.4) is 0 Å². The summed E-state index contributed by atoms with van der Waals surface area (Å²) in [5, 5.41) is 20.0. The summed E-state index contributed by atoms with van der Waals surface area (Å²) >= 11 is 0. The number of hydrogen-bond acceptors (Lipinski definition) is 2. The SMILES string of the molecule is C=CCC(O)(c1cn(Cc2cccc(CF)c2)c2cc(C#N)ccc12)C(F)(F)F. The van der Waals surface area contributed by atoms with E-state index in [4.69, 9.17) is 0 Å². The quantitative estimate of drug-likeness (QED) is 0.446. The van der Waals surface area contributed by atoms with E-state index in [0.717, 1.165) is 6.08 Å². The van der Waals surface area contributed by atoms with Crippen molar-refractivity contribution in [3.8, 4) is 6.07 Å². The minimum atomic E-state index is -4.93. The minimum Gasteiger partial charge on any atom is -0.376 e. The largest absolute Gasteiger partial charge is 0.421 e. The van der Waals surface area contributed by atoms with Crippen molar-refractivity contribution in [1.29, 1.82) is 5.26 Å². The lowest BCUT2D eigenvalue weighted by atomic mass is 9.89. The Labute approximate surface area is 165 Å². The molecule has 1 heterocycles. The molecule has 0 aliphatic heterocycles. The van der Waals surface area contributed by atoms with Gasteiger partial charge in [0.1, 0.15) is 6.67 Å². The number of aliphatic hydroxyl groups is 1. The molecule has 1 unspecified atom stereocenters. The van der Waals surface area contributed by atoms with Gasteiger partial charge in [-0.25, -0.2) is 4.39 Å². The third kappa shape index (κ3) is 3.76. The van der Waals surface area contributed by atoms with Crippen LogP contribution in [0.1, 0.15) is 28.7 Å². The van der Waals surface area contributed by atoms with E-state index in [1.165, 1.54) is 29.0 Å². The van der Waals surface area contributed by atoms with E-state index in [-0.39, 0.29) is 23.1 Å². The predicted octanol–water partition coefficient (Wildman–Crippen LogP) is 5.36. The third-order valence-electron chi connectivity index (χ3n) is 4.86. The average Bonchev–Trinajstić information content (AvgIpc) is 3.05. The Hall–Kier alpha value is -3.11. The van der Waals surface area contributed by atoms with Crippen LogP contribution in [0.2, 0.25) is 0 Å². The van der Waals surface area contributed by atoms with Gasteiger partial charge in [0, 0.05) is 30.1 Å². The molecule has 2 aromatic carbocycles. The lowest BCUT2D eigenvalue weighted by Crippen LogP contribution is -2.41. The summed E-state index contributed by atoms with van der Waals surface area (Å²) in [4.78, 5) is 0. The van der Waals surface area contributed by atoms with Gasteiger partial charge in [0.2, 0.25) is 0 Å². The van der Waals surface area contributed by atoms with Crippen LogP contribution in [0.25, 0.3) is 10.9 Å². The van der Waals surface area contributed by atoms with Crippen LogP contribution in [-0.2, 0) is 18.8 Å². The minimum absolute atomic E-state index is 0.154. The number of halogens is 4. The van der Waals surface area contributed by atoms with E-state index in [2.05, 4.69) is 6.58 Å². The highest BCUT2D eigenvalue weighted by atomic mass is 19.4. The second-order valence-corrected chi connectivity index (χ2v) is 6.82. The van der Waals surface area contributed by atoms with Crippen molar-refractivity contribution >= 4 is 10.9 Å². The Morgan fingerprint density at radius 1 is 1.14 bits per heavy atom. The molecule has 0 radical (unpaired) electrons. The zero-order valence-corrected chi connectivity index (χ0v) is 15.4. The molecule has 0 aliphatic carbocycles. The molecule has 3 aromatic rings. The molecule has 0 saturated carbocycles. The van der Waals surface area contributed by atoms with E-state index in [0.29, 0.717) is 16.6 Å². The number of rotatable bonds is 6. The van der Waals surface area contributed by atoms with Crippen molar-refractivity contribution in [2.45, 2.75) is 31.4 Å². The van der Waals surface area contributed by atoms with Gasteiger partial charge in [-0.05, 0) is 23.3 Å². The van der Waals surface area contributed by atoms with Gasteiger partial charge < -0.3 is 9.67 Å². The number of aromatic nitrogens is 1. The molecule has 0 bridgehead atoms. The molecule has 1 aromatic heterocycles. The molecule has 1 atom stereocenters. The van der Waals surface area contributed by atoms with Crippen molar-refractivity contribution < 1.29 is 22.7 Å². The molecule has 7 heteroatoms. The van der Waals surface area contributed by atoms with Crippen LogP contribution in [0, 0.1) is 11.3 Å². The Morgan fingerprint density at radius 3 is 2.48 bits per heavy atom. The first-order valence-electron chi connectivity index (χ1n) is 8.80. The molecular formula is C22H18F4N2O. The maximum Gasteiger partial charge on any atom is 0.421 e. The molecule has 3 rings (SSSR count). The van der Waals surface area contributed by atoms with Crippen molar-refractivity contribution in [1.82, 2.24) is 4.57 Å². The molecule has 0 aliphatic rings. The highest BCUT2D eigenvalue weighted by Gasteiger charge is 2.55. The number of fused-ring (bicyclic) bond motifs is 1. The number of alkyl halides is 4. The van der Waals surface area contributed by atoms with Gasteiger partial charge in [-0.2, -0.15) is 18.4 Å². The topological polar surface area (TPSA) is 49.0 Å². The monoisotopic (exact) mass is 402 g/mol. The number of nitrogens with zero attached hydrogens (tertiary/aromatic N) is 2. The van der Waals surface area contributed by atoms with E-state index >= 15 is 0 Å². The van der Waals surface area contributed by atoms with Crippen LogP contribution in [-0.4, -0.2) is 15.8 Å². The standard InChI is InChI=1S/C22H18F4N2O/c1-2-8-21(29,22(24,25)26)19-14-28(13-17-5-3-4-15(9-17)11-23)20-10-16(12-27)6-7-18(19)20/h2-7,9-10,14,29H,1,8,11,13H2. The Balaban J connectivity index is 2.22. The molecule has 0 amide bonds. The summed E-state index contributed by atoms with van der Waals surface area (Å²) in [5.74, 6) is 0. The fourth-order valence-corrected chi connectivity index (χ4v) is 3.42. The first-order chi connectivity index (χ1) is 13.7. The van der Waals surface area contributed by atoms with Gasteiger partial charge in [0.05, 0.1) is 17.1 Å². The van der Waals surface area contributed by atoms with Crippen LogP contribution >= 0.6 is 0 Å². The van der Waals surface area contributed by atoms with E-state index in [1.54, 1.807) is 24.3 Å². The van der Waals surface area contributed by atoms with Gasteiger partial charge in [-0.15, -0.1) is 6.58 Å². The Morgan fingerprint density at radius 2 is 1.86 bits per heavy atom. The Kier molecular flexibility index (Phi) is 5.49. The van der Waals surface area contributed by atoms with Gasteiger partial charge >= 0.3 is 6.18 Å². The second-order valence-electron chi connectivity index (χ2n) is 6.82. The van der Waals surface area contributed by atoms with Gasteiger partial charge in [-0.1, -0.05) is 36.4 Å². The highest BCUT2D eigenvalue weighted by Crippen LogP contribution is 2.45. The number of nitriles is 1. The molecule has 0 spiro atoms. The van der Waals surface area contributed by atoms with Gasteiger partial charge in [0.25, 0.3) is 0 Å². The molecule has 0 fully saturated rings. The summed E-state index contributed by atoms with van der Waals surface area (Å²) in [5.41, 5.74) is -1.64. The maximum absolute atomic E-state index is 13.8. The summed E-state index contributed by atoms with van der Waals surface area (Å²) < 4.78 is 55.8. The Bertz CT molecular complexity index is 1090. The lowest BCUT2D eigenvalue weighted by Gasteiger charge is -2.29. The molecule has 29 heavy (non-hydrogen) atoms. The fraction of sp³-hybridized carbons (Fsp3) is 0.227. The van der Waals surface area contributed by atoms with Gasteiger partial charge in [0.15, 0.2) is 5.60 Å². The first-order valence-corrected chi connectivity index (χ1v) is 8.80. The van der Waals surface area contributed by atoms with Crippen molar-refractivity contribution in [2.75, 3.05) is 0 Å². The van der Waals surface area contributed by atoms with Crippen molar-refractivity contribution in [3.05, 3.63) is 83.6 Å². The summed E-state index contributed by atoms with van der Waals surface area (Å²) in [6, 6.07) is 12.9. The molecule has 3 nitrogen and oxygen atoms in total.